The molecule has 1 amide bonds. The molecule has 1 aromatic rings. The summed E-state index contributed by atoms with van der Waals surface area (Å²) in [5, 5.41) is 0. The highest BCUT2D eigenvalue weighted by Gasteiger charge is 2.31. The van der Waals surface area contributed by atoms with Gasteiger partial charge in [0.15, 0.2) is 11.5 Å². The standard InChI is InChI=1S/C18H23NO3/c20-18(15-2-1-3-15)19-8-6-13(7-9-19)10-14-4-5-16-17(11-14)22-12-21-16/h4-5,11,13,15H,1-3,6-10,12H2. The van der Waals surface area contributed by atoms with Gasteiger partial charge in [-0.3, -0.25) is 4.79 Å². The monoisotopic (exact) mass is 301 g/mol. The van der Waals surface area contributed by atoms with Crippen LogP contribution in [0.4, 0.5) is 0 Å². The highest BCUT2D eigenvalue weighted by Crippen LogP contribution is 2.34. The van der Waals surface area contributed by atoms with Crippen LogP contribution in [0.3, 0.4) is 0 Å². The molecule has 2 fully saturated rings. The van der Waals surface area contributed by atoms with Crippen molar-refractivity contribution in [3.05, 3.63) is 23.8 Å². The van der Waals surface area contributed by atoms with E-state index in [9.17, 15) is 4.79 Å². The average molecular weight is 301 g/mol. The summed E-state index contributed by atoms with van der Waals surface area (Å²) in [6.07, 6.45) is 6.75. The lowest BCUT2D eigenvalue weighted by Gasteiger charge is -2.36. The fourth-order valence-electron chi connectivity index (χ4n) is 3.67. The Kier molecular flexibility index (Phi) is 3.68. The molecule has 3 aliphatic rings. The number of nitrogens with zero attached hydrogens (tertiary/aromatic N) is 1. The first-order valence-electron chi connectivity index (χ1n) is 8.47. The topological polar surface area (TPSA) is 38.8 Å². The van der Waals surface area contributed by atoms with Gasteiger partial charge in [0.2, 0.25) is 12.7 Å². The third-order valence-corrected chi connectivity index (χ3v) is 5.34. The minimum Gasteiger partial charge on any atom is -0.454 e. The van der Waals surface area contributed by atoms with Crippen molar-refractivity contribution in [2.75, 3.05) is 19.9 Å². The summed E-state index contributed by atoms with van der Waals surface area (Å²) in [7, 11) is 0. The largest absolute Gasteiger partial charge is 0.454 e. The van der Waals surface area contributed by atoms with Crippen LogP contribution in [0, 0.1) is 11.8 Å². The smallest absolute Gasteiger partial charge is 0.231 e. The van der Waals surface area contributed by atoms with Crippen LogP contribution in [-0.4, -0.2) is 30.7 Å². The van der Waals surface area contributed by atoms with E-state index in [1.807, 2.05) is 6.07 Å². The number of fused-ring (bicyclic) bond motifs is 1. The molecule has 118 valence electrons. The number of hydrogen-bond donors (Lipinski definition) is 0. The average Bonchev–Trinajstić information content (AvgIpc) is 2.94. The SMILES string of the molecule is O=C(C1CCC1)N1CCC(Cc2ccc3c(c2)OCO3)CC1. The molecule has 2 heterocycles. The van der Waals surface area contributed by atoms with Crippen molar-refractivity contribution >= 4 is 5.91 Å². The van der Waals surface area contributed by atoms with Crippen molar-refractivity contribution in [2.24, 2.45) is 11.8 Å². The van der Waals surface area contributed by atoms with Gasteiger partial charge in [-0.05, 0) is 55.7 Å². The van der Waals surface area contributed by atoms with Crippen LogP contribution in [0.1, 0.15) is 37.7 Å². The molecule has 0 N–H and O–H groups in total. The molecule has 22 heavy (non-hydrogen) atoms. The maximum absolute atomic E-state index is 12.3. The molecule has 4 heteroatoms. The number of hydrogen-bond acceptors (Lipinski definition) is 3. The van der Waals surface area contributed by atoms with E-state index in [2.05, 4.69) is 17.0 Å². The van der Waals surface area contributed by atoms with Gasteiger partial charge in [0.25, 0.3) is 0 Å². The van der Waals surface area contributed by atoms with Gasteiger partial charge in [-0.2, -0.15) is 0 Å². The quantitative estimate of drug-likeness (QED) is 0.861. The van der Waals surface area contributed by atoms with Crippen molar-refractivity contribution in [3.8, 4) is 11.5 Å². The van der Waals surface area contributed by atoms with Crippen LogP contribution in [-0.2, 0) is 11.2 Å². The molecule has 0 radical (unpaired) electrons. The maximum Gasteiger partial charge on any atom is 0.231 e. The van der Waals surface area contributed by atoms with Crippen molar-refractivity contribution in [2.45, 2.75) is 38.5 Å². The second kappa shape index (κ2) is 5.82. The van der Waals surface area contributed by atoms with Crippen LogP contribution in [0.25, 0.3) is 0 Å². The zero-order valence-electron chi connectivity index (χ0n) is 12.9. The van der Waals surface area contributed by atoms with E-state index in [-0.39, 0.29) is 0 Å². The minimum atomic E-state index is 0.334. The van der Waals surface area contributed by atoms with E-state index < -0.39 is 0 Å². The van der Waals surface area contributed by atoms with Gasteiger partial charge >= 0.3 is 0 Å². The number of amides is 1. The molecular weight excluding hydrogens is 278 g/mol. The fraction of sp³-hybridized carbons (Fsp3) is 0.611. The van der Waals surface area contributed by atoms with E-state index in [0.29, 0.717) is 24.5 Å². The second-order valence-corrected chi connectivity index (χ2v) is 6.79. The zero-order valence-corrected chi connectivity index (χ0v) is 12.9. The number of carbonyl (C=O) groups is 1. The molecule has 2 aliphatic heterocycles. The molecule has 0 spiro atoms. The first-order chi connectivity index (χ1) is 10.8. The predicted molar refractivity (Wildman–Crippen MR) is 82.9 cm³/mol. The summed E-state index contributed by atoms with van der Waals surface area (Å²) >= 11 is 0. The normalized spacial score (nSPS) is 21.7. The van der Waals surface area contributed by atoms with Crippen molar-refractivity contribution in [1.82, 2.24) is 4.90 Å². The Morgan fingerprint density at radius 3 is 2.59 bits per heavy atom. The number of benzene rings is 1. The van der Waals surface area contributed by atoms with Gasteiger partial charge < -0.3 is 14.4 Å². The fourth-order valence-corrected chi connectivity index (χ4v) is 3.67. The molecule has 0 unspecified atom stereocenters. The summed E-state index contributed by atoms with van der Waals surface area (Å²) < 4.78 is 10.8. The Hall–Kier alpha value is -1.71. The van der Waals surface area contributed by atoms with Gasteiger partial charge in [0.05, 0.1) is 0 Å². The van der Waals surface area contributed by atoms with Crippen LogP contribution < -0.4 is 9.47 Å². The number of rotatable bonds is 3. The van der Waals surface area contributed by atoms with E-state index in [1.54, 1.807) is 0 Å². The highest BCUT2D eigenvalue weighted by molar-refractivity contribution is 5.79. The summed E-state index contributed by atoms with van der Waals surface area (Å²) in [4.78, 5) is 14.4. The summed E-state index contributed by atoms with van der Waals surface area (Å²) in [5.41, 5.74) is 1.31. The third kappa shape index (κ3) is 2.67. The zero-order chi connectivity index (χ0) is 14.9. The molecule has 1 saturated heterocycles. The van der Waals surface area contributed by atoms with E-state index in [0.717, 1.165) is 56.7 Å². The molecule has 1 saturated carbocycles. The predicted octanol–water partition coefficient (Wildman–Crippen LogP) is 3.00. The Labute approximate surface area is 131 Å². The lowest BCUT2D eigenvalue weighted by atomic mass is 9.83. The van der Waals surface area contributed by atoms with Crippen LogP contribution >= 0.6 is 0 Å². The van der Waals surface area contributed by atoms with E-state index in [4.69, 9.17) is 9.47 Å². The van der Waals surface area contributed by atoms with Gasteiger partial charge in [0.1, 0.15) is 0 Å². The molecule has 0 atom stereocenters. The van der Waals surface area contributed by atoms with Crippen molar-refractivity contribution in [3.63, 3.8) is 0 Å². The number of piperidine rings is 1. The van der Waals surface area contributed by atoms with Gasteiger partial charge in [-0.15, -0.1) is 0 Å². The maximum atomic E-state index is 12.3. The van der Waals surface area contributed by atoms with Crippen molar-refractivity contribution in [1.29, 1.82) is 0 Å². The van der Waals surface area contributed by atoms with E-state index >= 15 is 0 Å². The first kappa shape index (κ1) is 13.9. The van der Waals surface area contributed by atoms with Crippen LogP contribution in [0.5, 0.6) is 11.5 Å². The highest BCUT2D eigenvalue weighted by atomic mass is 16.7. The molecule has 4 nitrogen and oxygen atoms in total. The summed E-state index contributed by atoms with van der Waals surface area (Å²) in [5.74, 6) is 3.14. The van der Waals surface area contributed by atoms with Crippen LogP contribution in [0.15, 0.2) is 18.2 Å². The molecular formula is C18H23NO3. The number of ether oxygens (including phenoxy) is 2. The molecule has 1 aromatic carbocycles. The van der Waals surface area contributed by atoms with Crippen LogP contribution in [0.2, 0.25) is 0 Å². The Balaban J connectivity index is 1.31. The molecule has 4 rings (SSSR count). The number of carbonyl (C=O) groups excluding carboxylic acids is 1. The lowest BCUT2D eigenvalue weighted by Crippen LogP contribution is -2.43. The third-order valence-electron chi connectivity index (χ3n) is 5.34. The second-order valence-electron chi connectivity index (χ2n) is 6.79. The summed E-state index contributed by atoms with van der Waals surface area (Å²) in [6.45, 7) is 2.20. The molecule has 1 aliphatic carbocycles. The molecule has 0 bridgehead atoms. The Bertz CT molecular complexity index is 559. The van der Waals surface area contributed by atoms with Gasteiger partial charge in [0, 0.05) is 19.0 Å². The summed E-state index contributed by atoms with van der Waals surface area (Å²) in [6, 6.07) is 6.25. The van der Waals surface area contributed by atoms with Crippen molar-refractivity contribution < 1.29 is 14.3 Å². The van der Waals surface area contributed by atoms with Gasteiger partial charge in [-0.25, -0.2) is 0 Å². The Morgan fingerprint density at radius 1 is 1.09 bits per heavy atom. The van der Waals surface area contributed by atoms with Gasteiger partial charge in [-0.1, -0.05) is 12.5 Å². The Morgan fingerprint density at radius 2 is 1.86 bits per heavy atom. The lowest BCUT2D eigenvalue weighted by molar-refractivity contribution is -0.139. The minimum absolute atomic E-state index is 0.334. The molecule has 0 aromatic heterocycles. The van der Waals surface area contributed by atoms with E-state index in [1.165, 1.54) is 12.0 Å². The first-order valence-corrected chi connectivity index (χ1v) is 8.47. The number of likely N-dealkylation sites (tertiary alicyclic amines) is 1.